The molecule has 0 amide bonds. The average Bonchev–Trinajstić information content (AvgIpc) is 3.38. The van der Waals surface area contributed by atoms with E-state index in [0.717, 1.165) is 103 Å². The summed E-state index contributed by atoms with van der Waals surface area (Å²) in [6, 6.07) is 0. The van der Waals surface area contributed by atoms with Crippen molar-refractivity contribution in [3.63, 3.8) is 0 Å². The van der Waals surface area contributed by atoms with Crippen molar-refractivity contribution in [2.24, 2.45) is 0 Å². The molecule has 0 aliphatic carbocycles. The normalized spacial score (nSPS) is 12.4. The van der Waals surface area contributed by atoms with E-state index in [4.69, 9.17) is 14.2 Å². The molecule has 0 rings (SSSR count). The van der Waals surface area contributed by atoms with Gasteiger partial charge in [-0.25, -0.2) is 0 Å². The molecule has 1 atom stereocenters. The molecule has 0 aliphatic rings. The third-order valence-corrected chi connectivity index (χ3v) is 13.8. The highest BCUT2D eigenvalue weighted by molar-refractivity contribution is 5.71. The van der Waals surface area contributed by atoms with Crippen LogP contribution >= 0.6 is 0 Å². The van der Waals surface area contributed by atoms with E-state index in [1.165, 1.54) is 180 Å². The third-order valence-electron chi connectivity index (χ3n) is 13.8. The SMILES string of the molecule is CC/C=C\C/C=C\C/C=C\CCCCCCCCCC(=O)OC(COC(=O)CCCCCCC/C=C\C/C=C\CCCCC)COC(=O)CCCCCCCCCCCCCCCCCCCCCCCC. The fraction of sp³-hybridized carbons (Fsp3) is 0.803. The van der Waals surface area contributed by atoms with E-state index in [0.29, 0.717) is 19.3 Å². The monoisotopic (exact) mass is 1010 g/mol. The average molecular weight is 1010 g/mol. The van der Waals surface area contributed by atoms with Gasteiger partial charge in [0.25, 0.3) is 0 Å². The first kappa shape index (κ1) is 69.1. The molecule has 72 heavy (non-hydrogen) atoms. The Hall–Kier alpha value is -2.89. The van der Waals surface area contributed by atoms with Gasteiger partial charge >= 0.3 is 17.9 Å². The highest BCUT2D eigenvalue weighted by Crippen LogP contribution is 2.17. The maximum atomic E-state index is 12.9. The topological polar surface area (TPSA) is 78.9 Å². The summed E-state index contributed by atoms with van der Waals surface area (Å²) < 4.78 is 16.9. The Balaban J connectivity index is 4.33. The second kappa shape index (κ2) is 60.7. The molecule has 0 heterocycles. The van der Waals surface area contributed by atoms with Crippen molar-refractivity contribution in [1.29, 1.82) is 0 Å². The van der Waals surface area contributed by atoms with Crippen molar-refractivity contribution >= 4 is 17.9 Å². The molecule has 6 nitrogen and oxygen atoms in total. The molecule has 0 bridgehead atoms. The number of hydrogen-bond donors (Lipinski definition) is 0. The first-order valence-electron chi connectivity index (χ1n) is 31.3. The van der Waals surface area contributed by atoms with Gasteiger partial charge in [-0.1, -0.05) is 281 Å². The van der Waals surface area contributed by atoms with Crippen LogP contribution in [0.15, 0.2) is 60.8 Å². The van der Waals surface area contributed by atoms with Gasteiger partial charge in [0, 0.05) is 19.3 Å². The zero-order chi connectivity index (χ0) is 52.2. The molecule has 0 saturated heterocycles. The summed E-state index contributed by atoms with van der Waals surface area (Å²) in [6.07, 6.45) is 76.5. The Labute approximate surface area is 447 Å². The van der Waals surface area contributed by atoms with Gasteiger partial charge in [0.2, 0.25) is 0 Å². The van der Waals surface area contributed by atoms with Crippen LogP contribution < -0.4 is 0 Å². The quantitative estimate of drug-likeness (QED) is 0.0261. The van der Waals surface area contributed by atoms with Crippen LogP contribution in [0, 0.1) is 0 Å². The first-order valence-corrected chi connectivity index (χ1v) is 31.3. The second-order valence-electron chi connectivity index (χ2n) is 20.9. The minimum absolute atomic E-state index is 0.0800. The van der Waals surface area contributed by atoms with E-state index in [1.807, 2.05) is 0 Å². The number of esters is 3. The summed E-state index contributed by atoms with van der Waals surface area (Å²) in [7, 11) is 0. The second-order valence-corrected chi connectivity index (χ2v) is 20.9. The zero-order valence-corrected chi connectivity index (χ0v) is 47.9. The molecule has 1 unspecified atom stereocenters. The fourth-order valence-electron chi connectivity index (χ4n) is 9.08. The van der Waals surface area contributed by atoms with Crippen LogP contribution in [0.25, 0.3) is 0 Å². The Bertz CT molecular complexity index is 1290. The lowest BCUT2D eigenvalue weighted by Gasteiger charge is -2.18. The fourth-order valence-corrected chi connectivity index (χ4v) is 9.08. The third kappa shape index (κ3) is 58.0. The van der Waals surface area contributed by atoms with Gasteiger partial charge in [-0.15, -0.1) is 0 Å². The molecule has 0 N–H and O–H groups in total. The van der Waals surface area contributed by atoms with Gasteiger partial charge in [0.1, 0.15) is 13.2 Å². The number of hydrogen-bond acceptors (Lipinski definition) is 6. The van der Waals surface area contributed by atoms with Crippen LogP contribution in [0.3, 0.4) is 0 Å². The molecule has 0 saturated carbocycles. The minimum atomic E-state index is -0.785. The molecule has 0 aliphatic heterocycles. The molecule has 6 heteroatoms. The van der Waals surface area contributed by atoms with Crippen molar-refractivity contribution in [3.05, 3.63) is 60.8 Å². The van der Waals surface area contributed by atoms with Crippen LogP contribution in [0.5, 0.6) is 0 Å². The van der Waals surface area contributed by atoms with Crippen LogP contribution in [0.2, 0.25) is 0 Å². The summed E-state index contributed by atoms with van der Waals surface area (Å²) in [5.41, 5.74) is 0. The summed E-state index contributed by atoms with van der Waals surface area (Å²) in [6.45, 7) is 6.53. The lowest BCUT2D eigenvalue weighted by atomic mass is 10.0. The van der Waals surface area contributed by atoms with Gasteiger partial charge in [0.15, 0.2) is 6.10 Å². The summed E-state index contributed by atoms with van der Waals surface area (Å²) in [4.78, 5) is 38.3. The van der Waals surface area contributed by atoms with Crippen LogP contribution in [0.4, 0.5) is 0 Å². The standard InChI is InChI=1S/C66H118O6/c1-4-7-10-13-16-19-22-25-28-30-31-32-33-34-36-38-41-44-47-50-53-56-59-65(68)71-62-63(61-70-64(67)58-55-52-49-46-43-40-37-27-24-21-18-15-12-9-6-3)72-66(69)60-57-54-51-48-45-42-39-35-29-26-23-20-17-14-11-8-5-2/h8,11,17-18,20-21,26-27,29,37,63H,4-7,9-10,12-16,19,22-25,28,30-36,38-62H2,1-3H3/b11-8-,20-17-,21-18-,29-26-,37-27-. The zero-order valence-electron chi connectivity index (χ0n) is 47.9. The highest BCUT2D eigenvalue weighted by atomic mass is 16.6. The molecule has 0 spiro atoms. The summed E-state index contributed by atoms with van der Waals surface area (Å²) in [5, 5.41) is 0. The summed E-state index contributed by atoms with van der Waals surface area (Å²) >= 11 is 0. The number of carbonyl (C=O) groups excluding carboxylic acids is 3. The number of ether oxygens (including phenoxy) is 3. The van der Waals surface area contributed by atoms with Crippen molar-refractivity contribution in [2.45, 2.75) is 329 Å². The van der Waals surface area contributed by atoms with Crippen molar-refractivity contribution in [1.82, 2.24) is 0 Å². The number of unbranched alkanes of at least 4 members (excludes halogenated alkanes) is 36. The Morgan fingerprint density at radius 2 is 0.542 bits per heavy atom. The van der Waals surface area contributed by atoms with Crippen LogP contribution in [-0.2, 0) is 28.6 Å². The number of rotatable bonds is 57. The lowest BCUT2D eigenvalue weighted by molar-refractivity contribution is -0.167. The summed E-state index contributed by atoms with van der Waals surface area (Å²) in [5.74, 6) is -0.888. The first-order chi connectivity index (χ1) is 35.5. The maximum absolute atomic E-state index is 12.9. The molecule has 0 radical (unpaired) electrons. The molecule has 0 aromatic heterocycles. The molecule has 418 valence electrons. The van der Waals surface area contributed by atoms with E-state index < -0.39 is 6.10 Å². The van der Waals surface area contributed by atoms with Gasteiger partial charge < -0.3 is 14.2 Å². The van der Waals surface area contributed by atoms with Gasteiger partial charge in [0.05, 0.1) is 0 Å². The Morgan fingerprint density at radius 3 is 0.875 bits per heavy atom. The molecular formula is C66H118O6. The van der Waals surface area contributed by atoms with Gasteiger partial charge in [-0.05, 0) is 83.5 Å². The lowest BCUT2D eigenvalue weighted by Crippen LogP contribution is -2.30. The van der Waals surface area contributed by atoms with E-state index in [-0.39, 0.29) is 31.1 Å². The van der Waals surface area contributed by atoms with Gasteiger partial charge in [-0.3, -0.25) is 14.4 Å². The number of allylic oxidation sites excluding steroid dienone is 10. The van der Waals surface area contributed by atoms with Crippen LogP contribution in [0.1, 0.15) is 323 Å². The molecule has 0 fully saturated rings. The van der Waals surface area contributed by atoms with Gasteiger partial charge in [-0.2, -0.15) is 0 Å². The van der Waals surface area contributed by atoms with E-state index in [9.17, 15) is 14.4 Å². The van der Waals surface area contributed by atoms with E-state index >= 15 is 0 Å². The largest absolute Gasteiger partial charge is 0.462 e. The van der Waals surface area contributed by atoms with E-state index in [2.05, 4.69) is 81.5 Å². The Morgan fingerprint density at radius 1 is 0.292 bits per heavy atom. The van der Waals surface area contributed by atoms with Crippen molar-refractivity contribution < 1.29 is 28.6 Å². The Kier molecular flexibility index (Phi) is 58.2. The molecular weight excluding hydrogens is 889 g/mol. The predicted octanol–water partition coefficient (Wildman–Crippen LogP) is 21.2. The minimum Gasteiger partial charge on any atom is -0.462 e. The maximum Gasteiger partial charge on any atom is 0.306 e. The van der Waals surface area contributed by atoms with E-state index in [1.54, 1.807) is 0 Å². The van der Waals surface area contributed by atoms with Crippen molar-refractivity contribution in [3.8, 4) is 0 Å². The molecule has 0 aromatic rings. The van der Waals surface area contributed by atoms with Crippen molar-refractivity contribution in [2.75, 3.05) is 13.2 Å². The highest BCUT2D eigenvalue weighted by Gasteiger charge is 2.19. The smallest absolute Gasteiger partial charge is 0.306 e. The number of carbonyl (C=O) groups is 3. The predicted molar refractivity (Wildman–Crippen MR) is 312 cm³/mol. The van der Waals surface area contributed by atoms with Crippen LogP contribution in [-0.4, -0.2) is 37.2 Å². The molecule has 0 aromatic carbocycles.